The fraction of sp³-hybridized carbons (Fsp3) is 0.263. The fourth-order valence-electron chi connectivity index (χ4n) is 2.65. The van der Waals surface area contributed by atoms with Crippen molar-refractivity contribution in [3.8, 4) is 11.5 Å². The number of methoxy groups -OCH3 is 1. The molecule has 0 unspecified atom stereocenters. The van der Waals surface area contributed by atoms with Gasteiger partial charge in [-0.25, -0.2) is 4.68 Å². The minimum atomic E-state index is 0.415. The number of ether oxygens (including phenoxy) is 2. The molecule has 0 amide bonds. The summed E-state index contributed by atoms with van der Waals surface area (Å²) in [7, 11) is 1.60. The van der Waals surface area contributed by atoms with Gasteiger partial charge in [-0.15, -0.1) is 0 Å². The largest absolute Gasteiger partial charge is 0.493 e. The Morgan fingerprint density at radius 3 is 2.70 bits per heavy atom. The molecule has 0 saturated carbocycles. The third-order valence-corrected chi connectivity index (χ3v) is 4.57. The maximum Gasteiger partial charge on any atom is 0.214 e. The Bertz CT molecular complexity index is 956. The minimum Gasteiger partial charge on any atom is -0.493 e. The molecule has 1 aromatic heterocycles. The fourth-order valence-corrected chi connectivity index (χ4v) is 3.15. The Balaban J connectivity index is 1.75. The molecule has 0 aliphatic heterocycles. The van der Waals surface area contributed by atoms with E-state index < -0.39 is 0 Å². The number of H-pyrrole nitrogens is 1. The zero-order valence-corrected chi connectivity index (χ0v) is 16.7. The van der Waals surface area contributed by atoms with Crippen LogP contribution in [-0.4, -0.2) is 22.0 Å². The molecule has 0 atom stereocenters. The topological polar surface area (TPSA) is 64.1 Å². The predicted octanol–water partition coefficient (Wildman–Crippen LogP) is 4.49. The summed E-state index contributed by atoms with van der Waals surface area (Å²) in [5, 5.41) is 7.45. The number of nitrogens with one attached hydrogen (secondary N) is 2. The molecule has 2 aromatic carbocycles. The first-order chi connectivity index (χ1) is 13.1. The van der Waals surface area contributed by atoms with Gasteiger partial charge >= 0.3 is 0 Å². The normalized spacial score (nSPS) is 10.6. The van der Waals surface area contributed by atoms with E-state index in [9.17, 15) is 0 Å². The van der Waals surface area contributed by atoms with E-state index in [1.165, 1.54) is 0 Å². The molecule has 142 valence electrons. The lowest BCUT2D eigenvalue weighted by Gasteiger charge is -2.15. The quantitative estimate of drug-likeness (QED) is 0.541. The van der Waals surface area contributed by atoms with Crippen molar-refractivity contribution in [2.24, 2.45) is 0 Å². The maximum absolute atomic E-state index is 6.45. The van der Waals surface area contributed by atoms with E-state index in [0.29, 0.717) is 34.4 Å². The van der Waals surface area contributed by atoms with E-state index >= 15 is 0 Å². The molecule has 0 saturated heterocycles. The van der Waals surface area contributed by atoms with E-state index in [-0.39, 0.29) is 0 Å². The van der Waals surface area contributed by atoms with Crippen LogP contribution >= 0.6 is 23.8 Å². The van der Waals surface area contributed by atoms with Crippen LogP contribution in [-0.2, 0) is 19.6 Å². The third kappa shape index (κ3) is 4.61. The second kappa shape index (κ2) is 8.92. The van der Waals surface area contributed by atoms with Crippen LogP contribution in [0.15, 0.2) is 42.5 Å². The average molecular weight is 405 g/mol. The average Bonchev–Trinajstić information content (AvgIpc) is 3.05. The molecular formula is C19H21ClN4O2S. The van der Waals surface area contributed by atoms with Crippen LogP contribution in [0.1, 0.15) is 23.9 Å². The Kier molecular flexibility index (Phi) is 6.36. The summed E-state index contributed by atoms with van der Waals surface area (Å²) in [6.07, 6.45) is 0.760. The van der Waals surface area contributed by atoms with Crippen molar-refractivity contribution in [1.82, 2.24) is 14.9 Å². The van der Waals surface area contributed by atoms with Crippen LogP contribution in [0.2, 0.25) is 5.02 Å². The summed E-state index contributed by atoms with van der Waals surface area (Å²) in [5.41, 5.74) is 5.25. The van der Waals surface area contributed by atoms with Crippen molar-refractivity contribution in [2.45, 2.75) is 26.5 Å². The molecule has 0 fully saturated rings. The number of halogens is 1. The van der Waals surface area contributed by atoms with Crippen molar-refractivity contribution in [2.75, 3.05) is 12.5 Å². The van der Waals surface area contributed by atoms with E-state index in [1.54, 1.807) is 11.8 Å². The SMILES string of the molecule is CCc1n[nH]c(=S)n1NCc1cc(Cl)c(OCc2ccccc2)c(OC)c1. The third-order valence-electron chi connectivity index (χ3n) is 4.01. The molecule has 3 aromatic rings. The first kappa shape index (κ1) is 19.3. The standard InChI is InChI=1S/C19H21ClN4O2S/c1-3-17-22-23-19(27)24(17)21-11-14-9-15(20)18(16(10-14)25-2)26-12-13-7-5-4-6-8-13/h4-10,21H,3,11-12H2,1-2H3,(H,23,27). The van der Waals surface area contributed by atoms with Crippen LogP contribution in [0.4, 0.5) is 0 Å². The zero-order valence-electron chi connectivity index (χ0n) is 15.2. The molecule has 27 heavy (non-hydrogen) atoms. The molecule has 0 aliphatic rings. The monoisotopic (exact) mass is 404 g/mol. The summed E-state index contributed by atoms with van der Waals surface area (Å²) in [5.74, 6) is 1.95. The number of hydrogen-bond donors (Lipinski definition) is 2. The number of hydrogen-bond acceptors (Lipinski definition) is 5. The Labute approximate surface area is 168 Å². The van der Waals surface area contributed by atoms with Crippen molar-refractivity contribution in [3.05, 3.63) is 69.2 Å². The van der Waals surface area contributed by atoms with Crippen molar-refractivity contribution in [1.29, 1.82) is 0 Å². The van der Waals surface area contributed by atoms with Gasteiger partial charge in [0.05, 0.1) is 18.7 Å². The number of nitrogens with zero attached hydrogens (tertiary/aromatic N) is 2. The molecule has 0 spiro atoms. The van der Waals surface area contributed by atoms with Gasteiger partial charge in [-0.3, -0.25) is 5.10 Å². The lowest BCUT2D eigenvalue weighted by Crippen LogP contribution is -2.17. The maximum atomic E-state index is 6.45. The van der Waals surface area contributed by atoms with Gasteiger partial charge in [-0.2, -0.15) is 5.10 Å². The Hall–Kier alpha value is -2.51. The summed E-state index contributed by atoms with van der Waals surface area (Å²) < 4.78 is 13.6. The number of aromatic nitrogens is 3. The molecular weight excluding hydrogens is 384 g/mol. The van der Waals surface area contributed by atoms with Crippen molar-refractivity contribution >= 4 is 23.8 Å². The van der Waals surface area contributed by atoms with Gasteiger partial charge in [0.2, 0.25) is 4.77 Å². The molecule has 6 nitrogen and oxygen atoms in total. The Morgan fingerprint density at radius 1 is 1.22 bits per heavy atom. The molecule has 8 heteroatoms. The van der Waals surface area contributed by atoms with E-state index in [2.05, 4.69) is 15.6 Å². The highest BCUT2D eigenvalue weighted by molar-refractivity contribution is 7.71. The summed E-state index contributed by atoms with van der Waals surface area (Å²) >= 11 is 11.7. The lowest BCUT2D eigenvalue weighted by atomic mass is 10.2. The van der Waals surface area contributed by atoms with Gasteiger partial charge in [0, 0.05) is 6.42 Å². The van der Waals surface area contributed by atoms with Gasteiger partial charge in [-0.05, 0) is 35.5 Å². The number of aromatic amines is 1. The van der Waals surface area contributed by atoms with Gasteiger partial charge in [0.1, 0.15) is 6.61 Å². The van der Waals surface area contributed by atoms with E-state index in [4.69, 9.17) is 33.3 Å². The molecule has 0 radical (unpaired) electrons. The minimum absolute atomic E-state index is 0.415. The molecule has 1 heterocycles. The van der Waals surface area contributed by atoms with E-state index in [1.807, 2.05) is 49.4 Å². The highest BCUT2D eigenvalue weighted by Gasteiger charge is 2.13. The van der Waals surface area contributed by atoms with Crippen LogP contribution < -0.4 is 14.9 Å². The first-order valence-electron chi connectivity index (χ1n) is 8.55. The van der Waals surface area contributed by atoms with E-state index in [0.717, 1.165) is 23.4 Å². The van der Waals surface area contributed by atoms with Crippen LogP contribution in [0.5, 0.6) is 11.5 Å². The highest BCUT2D eigenvalue weighted by Crippen LogP contribution is 2.37. The molecule has 3 rings (SSSR count). The first-order valence-corrected chi connectivity index (χ1v) is 9.34. The smallest absolute Gasteiger partial charge is 0.214 e. The van der Waals surface area contributed by atoms with Gasteiger partial charge in [-0.1, -0.05) is 48.9 Å². The van der Waals surface area contributed by atoms with Crippen molar-refractivity contribution in [3.63, 3.8) is 0 Å². The van der Waals surface area contributed by atoms with Crippen LogP contribution in [0.3, 0.4) is 0 Å². The van der Waals surface area contributed by atoms with Gasteiger partial charge in [0.15, 0.2) is 17.3 Å². The lowest BCUT2D eigenvalue weighted by molar-refractivity contribution is 0.284. The van der Waals surface area contributed by atoms with Crippen molar-refractivity contribution < 1.29 is 9.47 Å². The summed E-state index contributed by atoms with van der Waals surface area (Å²) in [6.45, 7) is 2.94. The predicted molar refractivity (Wildman–Crippen MR) is 109 cm³/mol. The number of aryl methyl sites for hydroxylation is 1. The van der Waals surface area contributed by atoms with Gasteiger partial charge in [0.25, 0.3) is 0 Å². The molecule has 2 N–H and O–H groups in total. The van der Waals surface area contributed by atoms with Crippen LogP contribution in [0.25, 0.3) is 0 Å². The summed E-state index contributed by atoms with van der Waals surface area (Å²) in [6, 6.07) is 13.7. The second-order valence-electron chi connectivity index (χ2n) is 5.85. The Morgan fingerprint density at radius 2 is 2.00 bits per heavy atom. The van der Waals surface area contributed by atoms with Gasteiger partial charge < -0.3 is 14.9 Å². The zero-order chi connectivity index (χ0) is 19.2. The summed E-state index contributed by atoms with van der Waals surface area (Å²) in [4.78, 5) is 0. The van der Waals surface area contributed by atoms with Crippen LogP contribution in [0, 0.1) is 4.77 Å². The second-order valence-corrected chi connectivity index (χ2v) is 6.65. The number of rotatable bonds is 8. The highest BCUT2D eigenvalue weighted by atomic mass is 35.5. The molecule has 0 bridgehead atoms. The molecule has 0 aliphatic carbocycles. The number of benzene rings is 2.